The number of hydrogen-bond donors (Lipinski definition) is 2. The second-order valence-corrected chi connectivity index (χ2v) is 8.61. The topological polar surface area (TPSA) is 109 Å². The largest absolute Gasteiger partial charge is 0.507 e. The molecule has 0 radical (unpaired) electrons. The molecule has 1 aliphatic rings. The fraction of sp³-hybridized carbons (Fsp3) is 0. The van der Waals surface area contributed by atoms with E-state index in [4.69, 9.17) is 0 Å². The standard InChI is InChI=1S/C24H16O6S2/c25-18-14-8-7-13-17(18)21-22(26)19(15-9-3-1-4-10-15)20(16-11-5-2-6-12-16)23(31(27)28)24(21)32(29)30/h1-14,25-26H. The Bertz CT molecular complexity index is 1550. The zero-order valence-corrected chi connectivity index (χ0v) is 18.1. The molecule has 0 aliphatic heterocycles. The van der Waals surface area contributed by atoms with E-state index in [0.717, 1.165) is 0 Å². The number of para-hydroxylation sites is 1. The number of rotatable bonds is 3. The van der Waals surface area contributed by atoms with Crippen molar-refractivity contribution < 1.29 is 27.0 Å². The molecule has 0 aromatic heterocycles. The van der Waals surface area contributed by atoms with Gasteiger partial charge in [0.25, 0.3) is 0 Å². The third kappa shape index (κ3) is 3.66. The van der Waals surface area contributed by atoms with Crippen molar-refractivity contribution in [3.8, 4) is 5.75 Å². The summed E-state index contributed by atoms with van der Waals surface area (Å²) in [4.78, 5) is -1.10. The summed E-state index contributed by atoms with van der Waals surface area (Å²) in [5.74, 6) is -0.756. The molecule has 4 rings (SSSR count). The Morgan fingerprint density at radius 2 is 0.938 bits per heavy atom. The molecule has 3 aromatic carbocycles. The van der Waals surface area contributed by atoms with Crippen molar-refractivity contribution in [3.63, 3.8) is 0 Å². The summed E-state index contributed by atoms with van der Waals surface area (Å²) in [7, 11) is -6.05. The van der Waals surface area contributed by atoms with Gasteiger partial charge in [0.05, 0.1) is 5.57 Å². The lowest BCUT2D eigenvalue weighted by molar-refractivity contribution is 0.440. The Hall–Kier alpha value is -3.88. The molecule has 0 unspecified atom stereocenters. The first-order chi connectivity index (χ1) is 15.4. The van der Waals surface area contributed by atoms with Crippen LogP contribution in [-0.2, 0) is 20.6 Å². The zero-order chi connectivity index (χ0) is 22.8. The fourth-order valence-corrected chi connectivity index (χ4v) is 5.39. The highest BCUT2D eigenvalue weighted by Gasteiger charge is 2.36. The second kappa shape index (κ2) is 8.70. The first-order valence-electron chi connectivity index (χ1n) is 9.42. The molecule has 0 amide bonds. The second-order valence-electron chi connectivity index (χ2n) is 6.85. The number of aliphatic hydroxyl groups is 1. The number of phenolic OH excluding ortho intramolecular Hbond substituents is 1. The molecule has 0 atom stereocenters. The van der Waals surface area contributed by atoms with Crippen molar-refractivity contribution in [2.24, 2.45) is 0 Å². The Balaban J connectivity index is 2.29. The molecular weight excluding hydrogens is 448 g/mol. The van der Waals surface area contributed by atoms with Gasteiger partial charge >= 0.3 is 0 Å². The number of benzene rings is 3. The van der Waals surface area contributed by atoms with Crippen LogP contribution in [0.2, 0.25) is 0 Å². The maximum absolute atomic E-state index is 12.5. The van der Waals surface area contributed by atoms with Gasteiger partial charge in [-0.1, -0.05) is 78.9 Å². The van der Waals surface area contributed by atoms with Crippen LogP contribution >= 0.6 is 0 Å². The van der Waals surface area contributed by atoms with E-state index in [1.54, 1.807) is 66.7 Å². The number of phenols is 1. The smallest absolute Gasteiger partial charge is 0.223 e. The summed E-state index contributed by atoms with van der Waals surface area (Å²) in [5, 5.41) is 21.8. The van der Waals surface area contributed by atoms with E-state index >= 15 is 0 Å². The van der Waals surface area contributed by atoms with Crippen molar-refractivity contribution in [3.05, 3.63) is 107 Å². The van der Waals surface area contributed by atoms with E-state index in [0.29, 0.717) is 11.1 Å². The van der Waals surface area contributed by atoms with Gasteiger partial charge in [0.1, 0.15) is 21.2 Å². The lowest BCUT2D eigenvalue weighted by atomic mass is 9.81. The minimum absolute atomic E-state index is 0.00677. The first kappa shape index (κ1) is 21.4. The lowest BCUT2D eigenvalue weighted by Gasteiger charge is -2.25. The molecule has 8 heteroatoms. The van der Waals surface area contributed by atoms with E-state index in [-0.39, 0.29) is 28.0 Å². The number of allylic oxidation sites excluding steroid dienone is 3. The Morgan fingerprint density at radius 3 is 1.44 bits per heavy atom. The summed E-state index contributed by atoms with van der Waals surface area (Å²) in [6, 6.07) is 22.8. The van der Waals surface area contributed by atoms with Gasteiger partial charge in [0.2, 0.25) is 20.6 Å². The highest BCUT2D eigenvalue weighted by Crippen LogP contribution is 2.42. The summed E-state index contributed by atoms with van der Waals surface area (Å²) in [6.07, 6.45) is 0. The number of aromatic hydroxyl groups is 1. The minimum Gasteiger partial charge on any atom is -0.507 e. The van der Waals surface area contributed by atoms with Crippen LogP contribution in [0.1, 0.15) is 16.7 Å². The molecule has 6 nitrogen and oxygen atoms in total. The minimum atomic E-state index is -3.05. The third-order valence-corrected chi connectivity index (χ3v) is 6.63. The van der Waals surface area contributed by atoms with Gasteiger partial charge in [-0.15, -0.1) is 0 Å². The van der Waals surface area contributed by atoms with Crippen molar-refractivity contribution in [2.75, 3.05) is 0 Å². The van der Waals surface area contributed by atoms with Gasteiger partial charge in [-0.05, 0) is 17.2 Å². The van der Waals surface area contributed by atoms with Gasteiger partial charge in [-0.3, -0.25) is 0 Å². The monoisotopic (exact) mass is 464 g/mol. The van der Waals surface area contributed by atoms with E-state index < -0.39 is 36.1 Å². The molecule has 160 valence electrons. The lowest BCUT2D eigenvalue weighted by Crippen LogP contribution is -2.26. The van der Waals surface area contributed by atoms with Crippen LogP contribution in [0, 0.1) is 0 Å². The molecular formula is C24H16O6S2. The SMILES string of the molecule is O=S(=O)=C1C(c2ccccc2)=C(c2ccccc2)C(O)=C(c2ccccc2O)C1=S(=O)=O. The maximum Gasteiger partial charge on any atom is 0.223 e. The van der Waals surface area contributed by atoms with Crippen LogP contribution in [0.3, 0.4) is 0 Å². The van der Waals surface area contributed by atoms with Crippen LogP contribution in [0.25, 0.3) is 16.7 Å². The molecule has 0 saturated carbocycles. The van der Waals surface area contributed by atoms with E-state index in [1.165, 1.54) is 18.2 Å². The van der Waals surface area contributed by atoms with Crippen molar-refractivity contribution in [2.45, 2.75) is 0 Å². The molecule has 2 N–H and O–H groups in total. The van der Waals surface area contributed by atoms with E-state index in [9.17, 15) is 27.0 Å². The van der Waals surface area contributed by atoms with Gasteiger partial charge in [-0.25, -0.2) is 0 Å². The number of hydrogen-bond acceptors (Lipinski definition) is 6. The Labute approximate surface area is 187 Å². The normalized spacial score (nSPS) is 14.0. The molecule has 0 heterocycles. The molecule has 3 aromatic rings. The van der Waals surface area contributed by atoms with Gasteiger partial charge in [0.15, 0.2) is 0 Å². The summed E-state index contributed by atoms with van der Waals surface area (Å²) in [5.41, 5.74) is 0.804. The van der Waals surface area contributed by atoms with Crippen molar-refractivity contribution in [1.29, 1.82) is 0 Å². The van der Waals surface area contributed by atoms with Crippen molar-refractivity contribution in [1.82, 2.24) is 0 Å². The molecule has 0 saturated heterocycles. The highest BCUT2D eigenvalue weighted by atomic mass is 32.2. The van der Waals surface area contributed by atoms with Gasteiger partial charge in [-0.2, -0.15) is 16.8 Å². The molecule has 0 fully saturated rings. The number of aliphatic hydroxyl groups excluding tert-OH is 1. The van der Waals surface area contributed by atoms with Crippen molar-refractivity contribution >= 4 is 47.0 Å². The first-order valence-corrected chi connectivity index (χ1v) is 11.6. The van der Waals surface area contributed by atoms with Crippen LogP contribution in [0.15, 0.2) is 90.7 Å². The third-order valence-electron chi connectivity index (χ3n) is 5.02. The molecule has 1 aliphatic carbocycles. The average Bonchev–Trinajstić information content (AvgIpc) is 2.79. The van der Waals surface area contributed by atoms with E-state index in [2.05, 4.69) is 0 Å². The predicted octanol–water partition coefficient (Wildman–Crippen LogP) is 3.39. The van der Waals surface area contributed by atoms with Crippen LogP contribution in [0.4, 0.5) is 0 Å². The fourth-order valence-electron chi connectivity index (χ4n) is 3.71. The Morgan fingerprint density at radius 1 is 0.500 bits per heavy atom. The summed E-state index contributed by atoms with van der Waals surface area (Å²) in [6.45, 7) is 0. The van der Waals surface area contributed by atoms with Crippen LogP contribution in [-0.4, -0.2) is 36.8 Å². The quantitative estimate of drug-likeness (QED) is 0.575. The van der Waals surface area contributed by atoms with Crippen LogP contribution < -0.4 is 0 Å². The van der Waals surface area contributed by atoms with Gasteiger partial charge in [0, 0.05) is 16.7 Å². The molecule has 0 bridgehead atoms. The average molecular weight is 465 g/mol. The summed E-state index contributed by atoms with van der Waals surface area (Å²) >= 11 is 0. The maximum atomic E-state index is 12.5. The predicted molar refractivity (Wildman–Crippen MR) is 125 cm³/mol. The highest BCUT2D eigenvalue weighted by molar-refractivity contribution is 7.84. The molecule has 32 heavy (non-hydrogen) atoms. The summed E-state index contributed by atoms with van der Waals surface area (Å²) < 4.78 is 49.6. The van der Waals surface area contributed by atoms with E-state index in [1.807, 2.05) is 0 Å². The van der Waals surface area contributed by atoms with Gasteiger partial charge < -0.3 is 10.2 Å². The Kier molecular flexibility index (Phi) is 5.81. The van der Waals surface area contributed by atoms with Crippen LogP contribution in [0.5, 0.6) is 5.75 Å². The zero-order valence-electron chi connectivity index (χ0n) is 16.4. The molecule has 0 spiro atoms.